The van der Waals surface area contributed by atoms with Crippen LogP contribution in [0.25, 0.3) is 0 Å². The minimum absolute atomic E-state index is 0.111. The van der Waals surface area contributed by atoms with Crippen LogP contribution in [-0.2, 0) is 28.8 Å². The molecule has 1 saturated heterocycles. The number of rotatable bonds is 11. The zero-order valence-electron chi connectivity index (χ0n) is 23.5. The topological polar surface area (TPSA) is 96.7 Å². The van der Waals surface area contributed by atoms with Crippen LogP contribution in [0, 0.1) is 0 Å². The van der Waals surface area contributed by atoms with E-state index < -0.39 is 23.7 Å². The molecule has 3 aromatic rings. The summed E-state index contributed by atoms with van der Waals surface area (Å²) in [5, 5.41) is 2.39. The lowest BCUT2D eigenvalue weighted by atomic mass is 10.1. The highest BCUT2D eigenvalue weighted by Gasteiger charge is 2.34. The first-order valence-corrected chi connectivity index (χ1v) is 14.0. The lowest BCUT2D eigenvalue weighted by molar-refractivity contribution is -0.137. The van der Waals surface area contributed by atoms with Crippen molar-refractivity contribution in [3.63, 3.8) is 0 Å². The van der Waals surface area contributed by atoms with Gasteiger partial charge in [-0.3, -0.25) is 9.69 Å². The van der Waals surface area contributed by atoms with E-state index >= 15 is 0 Å². The molecule has 3 heterocycles. The predicted octanol–water partition coefficient (Wildman–Crippen LogP) is 4.81. The summed E-state index contributed by atoms with van der Waals surface area (Å²) in [7, 11) is 0. The number of benzene rings is 2. The first-order chi connectivity index (χ1) is 20.8. The number of halogens is 3. The van der Waals surface area contributed by atoms with Gasteiger partial charge in [0.1, 0.15) is 12.3 Å². The van der Waals surface area contributed by atoms with Crippen LogP contribution in [0.4, 0.5) is 23.7 Å². The molecule has 0 unspecified atom stereocenters. The quantitative estimate of drug-likeness (QED) is 0.337. The van der Waals surface area contributed by atoms with Gasteiger partial charge in [0, 0.05) is 32.7 Å². The molecule has 0 radical (unpaired) electrons. The number of hydrogen-bond acceptors (Lipinski definition) is 7. The molecule has 0 aliphatic carbocycles. The number of nitrogens with one attached hydrogen (secondary N) is 1. The molecule has 1 fully saturated rings. The molecule has 0 atom stereocenters. The van der Waals surface area contributed by atoms with Crippen LogP contribution >= 0.6 is 0 Å². The minimum atomic E-state index is -4.66. The molecule has 0 spiro atoms. The van der Waals surface area contributed by atoms with Crippen LogP contribution in [0.15, 0.2) is 65.3 Å². The van der Waals surface area contributed by atoms with Crippen molar-refractivity contribution < 1.29 is 41.4 Å². The van der Waals surface area contributed by atoms with Crippen LogP contribution < -0.4 is 14.8 Å². The van der Waals surface area contributed by atoms with E-state index in [2.05, 4.69) is 10.2 Å². The molecule has 0 bridgehead atoms. The fraction of sp³-hybridized carbons (Fsp3) is 0.400. The number of morpholine rings is 1. The Labute approximate surface area is 246 Å². The highest BCUT2D eigenvalue weighted by Crippen LogP contribution is 2.35. The zero-order chi connectivity index (χ0) is 30.2. The third-order valence-corrected chi connectivity index (χ3v) is 7.18. The number of anilines is 1. The second kappa shape index (κ2) is 13.8. The number of carbonyl (C=O) groups is 2. The maximum Gasteiger partial charge on any atom is 0.418 e. The molecule has 1 aromatic heterocycles. The van der Waals surface area contributed by atoms with Gasteiger partial charge in [-0.1, -0.05) is 18.2 Å². The molecule has 2 aromatic carbocycles. The Morgan fingerprint density at radius 3 is 2.49 bits per heavy atom. The number of para-hydroxylation sites is 1. The molecule has 43 heavy (non-hydrogen) atoms. The van der Waals surface area contributed by atoms with Crippen LogP contribution in [0.2, 0.25) is 0 Å². The Bertz CT molecular complexity index is 1380. The van der Waals surface area contributed by atoms with Gasteiger partial charge in [-0.2, -0.15) is 13.2 Å². The molecule has 10 nitrogen and oxygen atoms in total. The van der Waals surface area contributed by atoms with Gasteiger partial charge in [-0.05, 0) is 48.4 Å². The van der Waals surface area contributed by atoms with Crippen molar-refractivity contribution in [2.45, 2.75) is 25.7 Å². The molecule has 3 amide bonds. The number of fused-ring (bicyclic) bond motifs is 1. The van der Waals surface area contributed by atoms with Crippen molar-refractivity contribution >= 4 is 17.6 Å². The van der Waals surface area contributed by atoms with E-state index in [1.54, 1.807) is 24.3 Å². The first kappa shape index (κ1) is 30.2. The van der Waals surface area contributed by atoms with Crippen molar-refractivity contribution in [2.24, 2.45) is 0 Å². The zero-order valence-corrected chi connectivity index (χ0v) is 23.5. The van der Waals surface area contributed by atoms with Gasteiger partial charge in [0.05, 0.1) is 37.3 Å². The van der Waals surface area contributed by atoms with E-state index in [1.165, 1.54) is 34.3 Å². The van der Waals surface area contributed by atoms with Crippen LogP contribution in [0.5, 0.6) is 11.5 Å². The monoisotopic (exact) mass is 602 g/mol. The van der Waals surface area contributed by atoms with Crippen molar-refractivity contribution in [1.29, 1.82) is 0 Å². The Morgan fingerprint density at radius 1 is 0.930 bits per heavy atom. The van der Waals surface area contributed by atoms with Gasteiger partial charge < -0.3 is 33.7 Å². The standard InChI is InChI=1S/C30H33F3N4O6/c31-30(32,33)24-6-1-2-7-25(24)34-29(39)36(11-4-10-35-12-15-40-16-13-35)20-28(38)37(19-23-5-3-14-41-23)18-22-8-9-26-27(17-22)43-21-42-26/h1-3,5-9,14,17H,4,10-13,15-16,18-21H2,(H,34,39). The smallest absolute Gasteiger partial charge is 0.418 e. The van der Waals surface area contributed by atoms with Crippen molar-refractivity contribution in [3.8, 4) is 11.5 Å². The van der Waals surface area contributed by atoms with Crippen LogP contribution in [0.1, 0.15) is 23.3 Å². The molecular formula is C30H33F3N4O6. The maximum absolute atomic E-state index is 13.8. The number of urea groups is 1. The van der Waals surface area contributed by atoms with Gasteiger partial charge in [-0.25, -0.2) is 4.79 Å². The Balaban J connectivity index is 1.33. The fourth-order valence-electron chi connectivity index (χ4n) is 4.94. The van der Waals surface area contributed by atoms with Crippen LogP contribution in [0.3, 0.4) is 0 Å². The summed E-state index contributed by atoms with van der Waals surface area (Å²) in [4.78, 5) is 32.2. The largest absolute Gasteiger partial charge is 0.467 e. The summed E-state index contributed by atoms with van der Waals surface area (Å²) < 4.78 is 62.6. The number of furan rings is 1. The highest BCUT2D eigenvalue weighted by atomic mass is 19.4. The van der Waals surface area contributed by atoms with Crippen molar-refractivity contribution in [1.82, 2.24) is 14.7 Å². The van der Waals surface area contributed by atoms with Gasteiger partial charge in [0.15, 0.2) is 11.5 Å². The number of hydrogen-bond donors (Lipinski definition) is 1. The van der Waals surface area contributed by atoms with E-state index in [1.807, 2.05) is 6.07 Å². The van der Waals surface area contributed by atoms with Gasteiger partial charge >= 0.3 is 12.2 Å². The second-order valence-electron chi connectivity index (χ2n) is 10.2. The number of nitrogens with zero attached hydrogens (tertiary/aromatic N) is 3. The lowest BCUT2D eigenvalue weighted by Crippen LogP contribution is -2.45. The summed E-state index contributed by atoms with van der Waals surface area (Å²) in [5.74, 6) is 1.31. The van der Waals surface area contributed by atoms with Crippen LogP contribution in [-0.4, -0.2) is 79.4 Å². The maximum atomic E-state index is 13.8. The summed E-state index contributed by atoms with van der Waals surface area (Å²) in [5.41, 5.74) is -0.574. The first-order valence-electron chi connectivity index (χ1n) is 14.0. The third-order valence-electron chi connectivity index (χ3n) is 7.18. The summed E-state index contributed by atoms with van der Waals surface area (Å²) in [6.07, 6.45) is -2.64. The molecule has 2 aliphatic rings. The molecule has 1 N–H and O–H groups in total. The number of ether oxygens (including phenoxy) is 3. The molecule has 5 rings (SSSR count). The third kappa shape index (κ3) is 8.20. The Morgan fingerprint density at radius 2 is 1.72 bits per heavy atom. The van der Waals surface area contributed by atoms with E-state index in [-0.39, 0.29) is 38.7 Å². The van der Waals surface area contributed by atoms with Crippen molar-refractivity contribution in [2.75, 3.05) is 58.0 Å². The van der Waals surface area contributed by atoms with Crippen molar-refractivity contribution in [3.05, 3.63) is 77.7 Å². The SMILES string of the molecule is O=C(CN(CCCN1CCOCC1)C(=O)Nc1ccccc1C(F)(F)F)N(Cc1ccc2c(c1)OCO2)Cc1ccco1. The summed E-state index contributed by atoms with van der Waals surface area (Å²) in [6.45, 7) is 3.57. The lowest BCUT2D eigenvalue weighted by Gasteiger charge is -2.30. The molecule has 13 heteroatoms. The summed E-state index contributed by atoms with van der Waals surface area (Å²) in [6, 6.07) is 12.8. The van der Waals surface area contributed by atoms with Gasteiger partial charge in [0.2, 0.25) is 12.7 Å². The van der Waals surface area contributed by atoms with Gasteiger partial charge in [-0.15, -0.1) is 0 Å². The average molecular weight is 603 g/mol. The predicted molar refractivity (Wildman–Crippen MR) is 149 cm³/mol. The minimum Gasteiger partial charge on any atom is -0.467 e. The number of alkyl halides is 3. The summed E-state index contributed by atoms with van der Waals surface area (Å²) >= 11 is 0. The number of carbonyl (C=O) groups excluding carboxylic acids is 2. The average Bonchev–Trinajstić information content (AvgIpc) is 3.68. The molecular weight excluding hydrogens is 569 g/mol. The van der Waals surface area contributed by atoms with E-state index in [0.29, 0.717) is 43.4 Å². The normalized spacial score (nSPS) is 14.9. The molecule has 2 aliphatic heterocycles. The highest BCUT2D eigenvalue weighted by molar-refractivity contribution is 5.93. The molecule has 0 saturated carbocycles. The molecule has 230 valence electrons. The second-order valence-corrected chi connectivity index (χ2v) is 10.2. The van der Waals surface area contributed by atoms with E-state index in [0.717, 1.165) is 24.7 Å². The number of amides is 3. The van der Waals surface area contributed by atoms with E-state index in [9.17, 15) is 22.8 Å². The Kier molecular flexibility index (Phi) is 9.72. The van der Waals surface area contributed by atoms with E-state index in [4.69, 9.17) is 18.6 Å². The van der Waals surface area contributed by atoms with Gasteiger partial charge in [0.25, 0.3) is 0 Å². The fourth-order valence-corrected chi connectivity index (χ4v) is 4.94. The Hall–Kier alpha value is -4.23.